The molecule has 1 N–H and O–H groups in total. The Bertz CT molecular complexity index is 101. The normalized spacial score (nSPS) is 25.1. The van der Waals surface area contributed by atoms with E-state index in [1.54, 1.807) is 0 Å². The molecule has 0 saturated carbocycles. The predicted octanol–water partition coefficient (Wildman–Crippen LogP) is -2.39. The van der Waals surface area contributed by atoms with E-state index in [-0.39, 0.29) is 18.9 Å². The van der Waals surface area contributed by atoms with E-state index in [1.165, 1.54) is 0 Å². The van der Waals surface area contributed by atoms with Gasteiger partial charge in [0.15, 0.2) is 0 Å². The number of nitrogens with zero attached hydrogens (tertiary/aromatic N) is 1. The van der Waals surface area contributed by atoms with E-state index in [2.05, 4.69) is 5.32 Å². The first kappa shape index (κ1) is 9.03. The van der Waals surface area contributed by atoms with Crippen LogP contribution in [-0.2, 0) is 4.79 Å². The van der Waals surface area contributed by atoms with Crippen LogP contribution in [0.15, 0.2) is 0 Å². The van der Waals surface area contributed by atoms with E-state index in [0.29, 0.717) is 0 Å². The van der Waals surface area contributed by atoms with Gasteiger partial charge in [-0.15, -0.1) is 6.54 Å². The summed E-state index contributed by atoms with van der Waals surface area (Å²) < 4.78 is 0. The molecule has 0 aromatic heterocycles. The molecule has 0 bridgehead atoms. The summed E-state index contributed by atoms with van der Waals surface area (Å²) in [6.07, 6.45) is 1.67. The zero-order valence-electron chi connectivity index (χ0n) is 5.50. The summed E-state index contributed by atoms with van der Waals surface area (Å²) in [5, 5.41) is 12.2. The van der Waals surface area contributed by atoms with Gasteiger partial charge in [0.2, 0.25) is 0 Å². The molecule has 1 rings (SSSR count). The van der Waals surface area contributed by atoms with Gasteiger partial charge < -0.3 is 10.4 Å². The number of hydrogen-bond acceptors (Lipinski definition) is 1. The molecular weight excluding hydrogens is 113 g/mol. The van der Waals surface area contributed by atoms with Gasteiger partial charge in [-0.2, -0.15) is 0 Å². The first-order valence-electron chi connectivity index (χ1n) is 2.70. The minimum absolute atomic E-state index is 0. The first-order chi connectivity index (χ1) is 3.80. The van der Waals surface area contributed by atoms with Crippen molar-refractivity contribution in [1.82, 2.24) is 0 Å². The molecule has 1 saturated heterocycles. The molecule has 0 aromatic rings. The number of hydrogen-bond donors (Lipinski definition) is 1. The van der Waals surface area contributed by atoms with Crippen molar-refractivity contribution in [3.05, 3.63) is 5.32 Å². The molecule has 1 aliphatic rings. The van der Waals surface area contributed by atoms with Crippen LogP contribution < -0.4 is 18.9 Å². The molecule has 1 atom stereocenters. The van der Waals surface area contributed by atoms with Crippen molar-refractivity contribution in [1.29, 1.82) is 0 Å². The maximum absolute atomic E-state index is 10.1. The van der Waals surface area contributed by atoms with Gasteiger partial charge in [0, 0.05) is 0 Å². The second kappa shape index (κ2) is 3.94. The number of carboxylic acid groups (broad SMARTS) is 1. The van der Waals surface area contributed by atoms with Gasteiger partial charge in [0.05, 0.1) is 0 Å². The van der Waals surface area contributed by atoms with E-state index < -0.39 is 12.0 Å². The summed E-state index contributed by atoms with van der Waals surface area (Å²) >= 11 is 0. The van der Waals surface area contributed by atoms with E-state index in [1.807, 2.05) is 0 Å². The molecule has 9 heavy (non-hydrogen) atoms. The van der Waals surface area contributed by atoms with Crippen LogP contribution in [0.3, 0.4) is 0 Å². The van der Waals surface area contributed by atoms with Crippen molar-refractivity contribution in [3.8, 4) is 0 Å². The fourth-order valence-corrected chi connectivity index (χ4v) is 0.825. The van der Waals surface area contributed by atoms with Crippen molar-refractivity contribution in [2.75, 3.05) is 6.54 Å². The molecular formula is C5H8LiNO2. The monoisotopic (exact) mass is 121 g/mol. The van der Waals surface area contributed by atoms with Crippen LogP contribution in [0.5, 0.6) is 0 Å². The molecule has 46 valence electrons. The van der Waals surface area contributed by atoms with Crippen molar-refractivity contribution < 1.29 is 28.8 Å². The van der Waals surface area contributed by atoms with Crippen LogP contribution >= 0.6 is 0 Å². The Morgan fingerprint density at radius 2 is 2.33 bits per heavy atom. The Morgan fingerprint density at radius 3 is 2.56 bits per heavy atom. The van der Waals surface area contributed by atoms with Crippen LogP contribution in [0.4, 0.5) is 0 Å². The van der Waals surface area contributed by atoms with Crippen molar-refractivity contribution >= 4 is 5.97 Å². The summed E-state index contributed by atoms with van der Waals surface area (Å²) in [6, 6.07) is -0.394. The quantitative estimate of drug-likeness (QED) is 0.393. The zero-order valence-corrected chi connectivity index (χ0v) is 5.50. The Kier molecular flexibility index (Phi) is 3.95. The summed E-state index contributed by atoms with van der Waals surface area (Å²) in [5.74, 6) is -0.775. The second-order valence-electron chi connectivity index (χ2n) is 1.90. The molecule has 0 spiro atoms. The van der Waals surface area contributed by atoms with Crippen LogP contribution in [0.1, 0.15) is 12.8 Å². The Hall–Kier alpha value is 0.0274. The molecule has 0 amide bonds. The van der Waals surface area contributed by atoms with Crippen LogP contribution in [0.25, 0.3) is 5.32 Å². The van der Waals surface area contributed by atoms with Gasteiger partial charge in [0.1, 0.15) is 0 Å². The maximum atomic E-state index is 10.1. The van der Waals surface area contributed by atoms with E-state index in [0.717, 1.165) is 19.4 Å². The predicted molar refractivity (Wildman–Crippen MR) is 28.9 cm³/mol. The maximum Gasteiger partial charge on any atom is 1.00 e. The third kappa shape index (κ3) is 2.40. The third-order valence-corrected chi connectivity index (χ3v) is 1.27. The minimum Gasteiger partial charge on any atom is -0.650 e. The van der Waals surface area contributed by atoms with Gasteiger partial charge in [0.25, 0.3) is 5.97 Å². The number of carbonyl (C=O) groups is 1. The topological polar surface area (TPSA) is 51.4 Å². The Balaban J connectivity index is 0.000000640. The average molecular weight is 121 g/mol. The third-order valence-electron chi connectivity index (χ3n) is 1.27. The SMILES string of the molecule is O=C(O)[C@@H]1CCC[N-]1.[Li+]. The first-order valence-corrected chi connectivity index (χ1v) is 2.70. The van der Waals surface area contributed by atoms with Crippen LogP contribution in [-0.4, -0.2) is 23.7 Å². The van der Waals surface area contributed by atoms with Gasteiger partial charge in [-0.05, 0) is 6.04 Å². The number of aliphatic carboxylic acids is 1. The summed E-state index contributed by atoms with van der Waals surface area (Å²) in [4.78, 5) is 10.1. The van der Waals surface area contributed by atoms with Crippen LogP contribution in [0.2, 0.25) is 0 Å². The van der Waals surface area contributed by atoms with Gasteiger partial charge in [-0.3, -0.25) is 4.79 Å². The molecule has 1 fully saturated rings. The second-order valence-corrected chi connectivity index (χ2v) is 1.90. The zero-order chi connectivity index (χ0) is 5.98. The number of carboxylic acids is 1. The molecule has 0 radical (unpaired) electrons. The molecule has 0 unspecified atom stereocenters. The Morgan fingerprint density at radius 1 is 1.67 bits per heavy atom. The van der Waals surface area contributed by atoms with Crippen molar-refractivity contribution in [2.45, 2.75) is 18.9 Å². The summed E-state index contributed by atoms with van der Waals surface area (Å²) in [5.41, 5.74) is 0. The largest absolute Gasteiger partial charge is 1.00 e. The van der Waals surface area contributed by atoms with Crippen molar-refractivity contribution in [2.24, 2.45) is 0 Å². The van der Waals surface area contributed by atoms with Gasteiger partial charge in [-0.25, -0.2) is 0 Å². The molecule has 3 nitrogen and oxygen atoms in total. The van der Waals surface area contributed by atoms with Gasteiger partial charge in [-0.1, -0.05) is 12.8 Å². The average Bonchev–Trinajstić information content (AvgIpc) is 2.12. The fraction of sp³-hybridized carbons (Fsp3) is 0.800. The van der Waals surface area contributed by atoms with E-state index in [9.17, 15) is 4.79 Å². The Labute approximate surface area is 66.0 Å². The van der Waals surface area contributed by atoms with Crippen LogP contribution in [0, 0.1) is 0 Å². The van der Waals surface area contributed by atoms with E-state index in [4.69, 9.17) is 5.11 Å². The summed E-state index contributed by atoms with van der Waals surface area (Å²) in [7, 11) is 0. The fourth-order valence-electron chi connectivity index (χ4n) is 0.825. The molecule has 0 aliphatic carbocycles. The summed E-state index contributed by atoms with van der Waals surface area (Å²) in [6.45, 7) is 0.733. The molecule has 1 aliphatic heterocycles. The molecule has 4 heteroatoms. The molecule has 1 heterocycles. The minimum atomic E-state index is -0.775. The van der Waals surface area contributed by atoms with Crippen molar-refractivity contribution in [3.63, 3.8) is 0 Å². The standard InChI is InChI=1S/C5H8NO2.Li/c7-5(8)4-2-1-3-6-4;/h4H,1-3H2,(H,7,8);/q-1;+1/t4-;/m0./s1. The smallest absolute Gasteiger partial charge is 0.650 e. The molecule has 0 aromatic carbocycles. The van der Waals surface area contributed by atoms with E-state index >= 15 is 0 Å². The number of rotatable bonds is 1. The van der Waals surface area contributed by atoms with Gasteiger partial charge >= 0.3 is 18.9 Å².